The van der Waals surface area contributed by atoms with Gasteiger partial charge in [-0.3, -0.25) is 24.1 Å². The second-order valence-corrected chi connectivity index (χ2v) is 4.17. The van der Waals surface area contributed by atoms with E-state index in [1.165, 1.54) is 12.0 Å². The number of carbonyl (C=O) groups excluding carboxylic acids is 4. The highest BCUT2D eigenvalue weighted by atomic mass is 16.5. The van der Waals surface area contributed by atoms with E-state index in [0.717, 1.165) is 4.90 Å². The minimum Gasteiger partial charge on any atom is -0.468 e. The van der Waals surface area contributed by atoms with Gasteiger partial charge in [-0.05, 0) is 6.92 Å². The summed E-state index contributed by atoms with van der Waals surface area (Å²) in [4.78, 5) is 48.1. The van der Waals surface area contributed by atoms with Crippen LogP contribution in [0.25, 0.3) is 0 Å². The number of rotatable bonds is 6. The number of ether oxygens (including phenoxy) is 1. The highest BCUT2D eigenvalue weighted by Gasteiger charge is 2.29. The molecule has 0 saturated carbocycles. The number of amides is 3. The van der Waals surface area contributed by atoms with Crippen LogP contribution in [0.2, 0.25) is 0 Å². The van der Waals surface area contributed by atoms with E-state index in [-0.39, 0.29) is 50.1 Å². The molecular weight excluding hydrogens is 252 g/mol. The van der Waals surface area contributed by atoms with Crippen LogP contribution in [0, 0.1) is 0 Å². The number of carbonyl (C=O) groups is 4. The molecule has 0 spiro atoms. The third-order valence-corrected chi connectivity index (χ3v) is 2.99. The summed E-state index contributed by atoms with van der Waals surface area (Å²) >= 11 is 0. The number of esters is 1. The van der Waals surface area contributed by atoms with Gasteiger partial charge in [0.1, 0.15) is 6.54 Å². The molecule has 7 nitrogen and oxygen atoms in total. The van der Waals surface area contributed by atoms with E-state index in [0.29, 0.717) is 6.54 Å². The van der Waals surface area contributed by atoms with Crippen molar-refractivity contribution in [2.75, 3.05) is 26.7 Å². The van der Waals surface area contributed by atoms with E-state index in [1.807, 2.05) is 0 Å². The summed E-state index contributed by atoms with van der Waals surface area (Å²) in [6.07, 6.45) is 0.460. The van der Waals surface area contributed by atoms with Crippen LogP contribution in [0.4, 0.5) is 0 Å². The van der Waals surface area contributed by atoms with E-state index in [9.17, 15) is 19.2 Å². The van der Waals surface area contributed by atoms with Crippen LogP contribution in [0.15, 0.2) is 0 Å². The molecule has 0 atom stereocenters. The molecule has 0 unspecified atom stereocenters. The molecule has 1 saturated heterocycles. The van der Waals surface area contributed by atoms with E-state index < -0.39 is 5.97 Å². The van der Waals surface area contributed by atoms with Crippen LogP contribution < -0.4 is 0 Å². The molecule has 1 fully saturated rings. The summed E-state index contributed by atoms with van der Waals surface area (Å²) in [6.45, 7) is 2.07. The predicted molar refractivity (Wildman–Crippen MR) is 64.8 cm³/mol. The van der Waals surface area contributed by atoms with Crippen LogP contribution in [-0.2, 0) is 23.9 Å². The lowest BCUT2D eigenvalue weighted by Crippen LogP contribution is -2.39. The smallest absolute Gasteiger partial charge is 0.325 e. The molecule has 0 aromatic heterocycles. The van der Waals surface area contributed by atoms with Crippen molar-refractivity contribution in [1.82, 2.24) is 9.80 Å². The number of imide groups is 1. The maximum Gasteiger partial charge on any atom is 0.325 e. The van der Waals surface area contributed by atoms with Crippen molar-refractivity contribution in [3.63, 3.8) is 0 Å². The summed E-state index contributed by atoms with van der Waals surface area (Å²) in [5.41, 5.74) is 0. The summed E-state index contributed by atoms with van der Waals surface area (Å²) < 4.78 is 4.49. The molecule has 106 valence electrons. The summed E-state index contributed by atoms with van der Waals surface area (Å²) in [7, 11) is 1.25. The number of likely N-dealkylation sites (tertiary alicyclic amines) is 1. The SMILES string of the molecule is CCN(CC(=O)OC)C(=O)CCN1C(=O)CCC1=O. The average molecular weight is 270 g/mol. The van der Waals surface area contributed by atoms with E-state index in [4.69, 9.17) is 0 Å². The third kappa shape index (κ3) is 4.04. The molecule has 3 amide bonds. The Kier molecular flexibility index (Phi) is 5.47. The largest absolute Gasteiger partial charge is 0.468 e. The molecule has 0 aliphatic carbocycles. The third-order valence-electron chi connectivity index (χ3n) is 2.99. The fourth-order valence-corrected chi connectivity index (χ4v) is 1.83. The minimum absolute atomic E-state index is 0.0301. The summed E-state index contributed by atoms with van der Waals surface area (Å²) in [5.74, 6) is -1.26. The van der Waals surface area contributed by atoms with Gasteiger partial charge in [-0.1, -0.05) is 0 Å². The lowest BCUT2D eigenvalue weighted by atomic mass is 10.3. The van der Waals surface area contributed by atoms with Crippen LogP contribution in [0.3, 0.4) is 0 Å². The number of hydrogen-bond donors (Lipinski definition) is 0. The Morgan fingerprint density at radius 1 is 1.26 bits per heavy atom. The van der Waals surface area contributed by atoms with Gasteiger partial charge in [0.05, 0.1) is 7.11 Å². The van der Waals surface area contributed by atoms with Gasteiger partial charge in [-0.25, -0.2) is 0 Å². The average Bonchev–Trinajstić information content (AvgIpc) is 2.72. The molecule has 1 aliphatic rings. The lowest BCUT2D eigenvalue weighted by molar-refractivity contribution is -0.147. The zero-order valence-corrected chi connectivity index (χ0v) is 11.2. The molecule has 0 aromatic rings. The molecule has 1 heterocycles. The first-order valence-electron chi connectivity index (χ1n) is 6.17. The van der Waals surface area contributed by atoms with Gasteiger partial charge in [-0.15, -0.1) is 0 Å². The summed E-state index contributed by atoms with van der Waals surface area (Å²) in [5, 5.41) is 0. The maximum absolute atomic E-state index is 11.9. The zero-order valence-electron chi connectivity index (χ0n) is 11.2. The Morgan fingerprint density at radius 2 is 1.84 bits per heavy atom. The highest BCUT2D eigenvalue weighted by molar-refractivity contribution is 6.02. The van der Waals surface area contributed by atoms with Crippen molar-refractivity contribution in [3.05, 3.63) is 0 Å². The Bertz CT molecular complexity index is 378. The van der Waals surface area contributed by atoms with Crippen LogP contribution >= 0.6 is 0 Å². The van der Waals surface area contributed by atoms with Crippen LogP contribution in [0.5, 0.6) is 0 Å². The second-order valence-electron chi connectivity index (χ2n) is 4.17. The van der Waals surface area contributed by atoms with Crippen molar-refractivity contribution in [3.8, 4) is 0 Å². The van der Waals surface area contributed by atoms with Gasteiger partial charge in [0, 0.05) is 32.4 Å². The van der Waals surface area contributed by atoms with Gasteiger partial charge >= 0.3 is 5.97 Å². The highest BCUT2D eigenvalue weighted by Crippen LogP contribution is 2.12. The fourth-order valence-electron chi connectivity index (χ4n) is 1.83. The number of likely N-dealkylation sites (N-methyl/N-ethyl adjacent to an activating group) is 1. The Morgan fingerprint density at radius 3 is 2.32 bits per heavy atom. The molecule has 19 heavy (non-hydrogen) atoms. The fraction of sp³-hybridized carbons (Fsp3) is 0.667. The van der Waals surface area contributed by atoms with Gasteiger partial charge in [-0.2, -0.15) is 0 Å². The van der Waals surface area contributed by atoms with E-state index in [1.54, 1.807) is 6.92 Å². The van der Waals surface area contributed by atoms with Crippen molar-refractivity contribution in [2.24, 2.45) is 0 Å². The van der Waals surface area contributed by atoms with Gasteiger partial charge in [0.25, 0.3) is 0 Å². The van der Waals surface area contributed by atoms with Gasteiger partial charge in [0.15, 0.2) is 0 Å². The monoisotopic (exact) mass is 270 g/mol. The zero-order chi connectivity index (χ0) is 14.4. The first-order chi connectivity index (χ1) is 8.99. The summed E-state index contributed by atoms with van der Waals surface area (Å²) in [6, 6.07) is 0. The first-order valence-corrected chi connectivity index (χ1v) is 6.17. The molecule has 0 radical (unpaired) electrons. The second kappa shape index (κ2) is 6.86. The van der Waals surface area contributed by atoms with E-state index >= 15 is 0 Å². The number of nitrogens with zero attached hydrogens (tertiary/aromatic N) is 2. The Hall–Kier alpha value is -1.92. The Balaban J connectivity index is 2.46. The molecule has 7 heteroatoms. The molecular formula is C12H18N2O5. The lowest BCUT2D eigenvalue weighted by Gasteiger charge is -2.21. The van der Waals surface area contributed by atoms with Crippen molar-refractivity contribution >= 4 is 23.7 Å². The molecule has 1 aliphatic heterocycles. The van der Waals surface area contributed by atoms with Crippen LogP contribution in [-0.4, -0.2) is 60.2 Å². The van der Waals surface area contributed by atoms with Gasteiger partial charge < -0.3 is 9.64 Å². The first kappa shape index (κ1) is 15.1. The minimum atomic E-state index is -0.497. The normalized spacial score (nSPS) is 14.7. The molecule has 1 rings (SSSR count). The van der Waals surface area contributed by atoms with Crippen molar-refractivity contribution < 1.29 is 23.9 Å². The topological polar surface area (TPSA) is 84.0 Å². The predicted octanol–water partition coefficient (Wildman–Crippen LogP) is -0.453. The number of methoxy groups -OCH3 is 1. The molecule has 0 N–H and O–H groups in total. The maximum atomic E-state index is 11.9. The van der Waals surface area contributed by atoms with E-state index in [2.05, 4.69) is 4.74 Å². The number of hydrogen-bond acceptors (Lipinski definition) is 5. The molecule has 0 aromatic carbocycles. The standard InChI is InChI=1S/C12H18N2O5/c1-3-13(8-12(18)19-2)9(15)6-7-14-10(16)4-5-11(14)17/h3-8H2,1-2H3. The molecule has 0 bridgehead atoms. The quantitative estimate of drug-likeness (QED) is 0.482. The van der Waals surface area contributed by atoms with Gasteiger partial charge in [0.2, 0.25) is 17.7 Å². The van der Waals surface area contributed by atoms with Crippen molar-refractivity contribution in [2.45, 2.75) is 26.2 Å². The van der Waals surface area contributed by atoms with Crippen LogP contribution in [0.1, 0.15) is 26.2 Å². The Labute approximate surface area is 111 Å². The van der Waals surface area contributed by atoms with Crippen molar-refractivity contribution in [1.29, 1.82) is 0 Å².